The lowest BCUT2D eigenvalue weighted by Gasteiger charge is -2.63. The monoisotopic (exact) mass is 432 g/mol. The van der Waals surface area contributed by atoms with E-state index in [1.165, 1.54) is 12.3 Å². The zero-order chi connectivity index (χ0) is 22.3. The first-order valence-corrected chi connectivity index (χ1v) is 11.4. The lowest BCUT2D eigenvalue weighted by molar-refractivity contribution is -0.230. The molecular formula is C24H32O7. The van der Waals surface area contributed by atoms with Crippen LogP contribution in [0.4, 0.5) is 0 Å². The standard InChI is InChI=1S/C24H32O7/c1-22-8-7-14(25)9-13(22)4-5-15-19(22)20(28)21(29)23(2)18(16(26)10-24(15,23)30)12-3-6-17(27)31-11-12/h3,6,11,13-16,18-19,21,25-26,29-30H,4-5,7-10H2,1-2H3/t13-,14+,15-,16+,18+,19-,21+,22+,23+,24+/m1/s1. The Hall–Kier alpha value is -1.54. The summed E-state index contributed by atoms with van der Waals surface area (Å²) in [6.45, 7) is 3.77. The Balaban J connectivity index is 1.61. The molecule has 1 heterocycles. The van der Waals surface area contributed by atoms with Gasteiger partial charge in [0.25, 0.3) is 0 Å². The number of ketones is 1. The van der Waals surface area contributed by atoms with Gasteiger partial charge in [-0.1, -0.05) is 13.8 Å². The Kier molecular flexibility index (Phi) is 4.63. The van der Waals surface area contributed by atoms with Crippen LogP contribution in [0.3, 0.4) is 0 Å². The molecule has 10 atom stereocenters. The number of hydrogen-bond acceptors (Lipinski definition) is 7. The van der Waals surface area contributed by atoms with Crippen molar-refractivity contribution in [2.24, 2.45) is 28.6 Å². The van der Waals surface area contributed by atoms with Crippen molar-refractivity contribution in [3.8, 4) is 0 Å². The van der Waals surface area contributed by atoms with E-state index < -0.39 is 40.7 Å². The van der Waals surface area contributed by atoms with Crippen molar-refractivity contribution in [2.75, 3.05) is 0 Å². The van der Waals surface area contributed by atoms with E-state index in [1.807, 2.05) is 0 Å². The van der Waals surface area contributed by atoms with E-state index in [0.29, 0.717) is 31.2 Å². The van der Waals surface area contributed by atoms with Crippen LogP contribution in [-0.4, -0.2) is 50.1 Å². The molecule has 7 nitrogen and oxygen atoms in total. The highest BCUT2D eigenvalue weighted by Crippen LogP contribution is 2.69. The highest BCUT2D eigenvalue weighted by Gasteiger charge is 2.75. The molecule has 31 heavy (non-hydrogen) atoms. The zero-order valence-corrected chi connectivity index (χ0v) is 18.0. The number of Topliss-reactive ketones (excluding diaryl/α,β-unsaturated/α-hetero) is 1. The summed E-state index contributed by atoms with van der Waals surface area (Å²) in [5.41, 5.74) is -3.16. The predicted octanol–water partition coefficient (Wildman–Crippen LogP) is 1.36. The predicted molar refractivity (Wildman–Crippen MR) is 110 cm³/mol. The van der Waals surface area contributed by atoms with Crippen LogP contribution in [-0.2, 0) is 4.79 Å². The zero-order valence-electron chi connectivity index (χ0n) is 18.0. The molecule has 0 unspecified atom stereocenters. The Morgan fingerprint density at radius 3 is 2.45 bits per heavy atom. The summed E-state index contributed by atoms with van der Waals surface area (Å²) in [5, 5.41) is 44.8. The van der Waals surface area contributed by atoms with Gasteiger partial charge in [-0.05, 0) is 61.0 Å². The van der Waals surface area contributed by atoms with E-state index in [2.05, 4.69) is 6.92 Å². The molecule has 4 N–H and O–H groups in total. The van der Waals surface area contributed by atoms with E-state index in [1.54, 1.807) is 13.0 Å². The van der Waals surface area contributed by atoms with E-state index in [9.17, 15) is 30.0 Å². The minimum Gasteiger partial charge on any atom is -0.431 e. The Morgan fingerprint density at radius 1 is 1.03 bits per heavy atom. The van der Waals surface area contributed by atoms with Crippen molar-refractivity contribution in [3.05, 3.63) is 34.4 Å². The van der Waals surface area contributed by atoms with Crippen molar-refractivity contribution in [1.29, 1.82) is 0 Å². The van der Waals surface area contributed by atoms with Gasteiger partial charge in [-0.25, -0.2) is 4.79 Å². The van der Waals surface area contributed by atoms with Gasteiger partial charge in [0.15, 0.2) is 5.78 Å². The number of hydrogen-bond donors (Lipinski definition) is 4. The van der Waals surface area contributed by atoms with Crippen molar-refractivity contribution in [3.63, 3.8) is 0 Å². The molecule has 0 spiro atoms. The number of aliphatic hydroxyl groups excluding tert-OH is 3. The summed E-state index contributed by atoms with van der Waals surface area (Å²) in [7, 11) is 0. The molecule has 0 radical (unpaired) electrons. The SMILES string of the molecule is C[C@]12CC[C@H](O)C[C@H]1CC[C@@H]1[C@@H]2C(=O)[C@H](O)[C@]2(C)[C@@H](c3ccc(=O)oc3)[C@@H](O)C[C@]12O. The third-order valence-corrected chi connectivity index (χ3v) is 9.77. The third-order valence-electron chi connectivity index (χ3n) is 9.77. The van der Waals surface area contributed by atoms with Crippen LogP contribution in [0, 0.1) is 28.6 Å². The van der Waals surface area contributed by atoms with Crippen molar-refractivity contribution < 1.29 is 29.6 Å². The molecule has 4 aliphatic rings. The molecule has 0 bridgehead atoms. The lowest BCUT2D eigenvalue weighted by Crippen LogP contribution is -2.70. The minimum absolute atomic E-state index is 0.0577. The van der Waals surface area contributed by atoms with Gasteiger partial charge in [0.1, 0.15) is 6.10 Å². The molecule has 0 aromatic carbocycles. The van der Waals surface area contributed by atoms with Crippen LogP contribution >= 0.6 is 0 Å². The third kappa shape index (κ3) is 2.60. The summed E-state index contributed by atoms with van der Waals surface area (Å²) < 4.78 is 5.00. The van der Waals surface area contributed by atoms with Crippen LogP contribution in [0.25, 0.3) is 0 Å². The van der Waals surface area contributed by atoms with E-state index in [4.69, 9.17) is 4.42 Å². The smallest absolute Gasteiger partial charge is 0.335 e. The Labute approximate surface area is 181 Å². The van der Waals surface area contributed by atoms with Gasteiger partial charge in [-0.15, -0.1) is 0 Å². The number of carbonyl (C=O) groups is 1. The topological polar surface area (TPSA) is 128 Å². The summed E-state index contributed by atoms with van der Waals surface area (Å²) in [6, 6.07) is 2.79. The first-order chi connectivity index (χ1) is 14.5. The van der Waals surface area contributed by atoms with Gasteiger partial charge in [0.05, 0.1) is 24.1 Å². The maximum Gasteiger partial charge on any atom is 0.335 e. The average Bonchev–Trinajstić information content (AvgIpc) is 2.94. The highest BCUT2D eigenvalue weighted by molar-refractivity contribution is 5.89. The minimum atomic E-state index is -1.45. The summed E-state index contributed by atoms with van der Waals surface area (Å²) >= 11 is 0. The molecule has 1 aromatic rings. The second kappa shape index (κ2) is 6.73. The van der Waals surface area contributed by atoms with Gasteiger partial charge in [-0.3, -0.25) is 4.79 Å². The molecular weight excluding hydrogens is 400 g/mol. The largest absolute Gasteiger partial charge is 0.431 e. The number of fused-ring (bicyclic) bond motifs is 5. The van der Waals surface area contributed by atoms with Crippen LogP contribution in [0.15, 0.2) is 27.6 Å². The number of aliphatic hydroxyl groups is 4. The summed E-state index contributed by atoms with van der Waals surface area (Å²) in [4.78, 5) is 25.2. The highest BCUT2D eigenvalue weighted by atomic mass is 16.4. The van der Waals surface area contributed by atoms with Crippen molar-refractivity contribution in [2.45, 2.75) is 82.2 Å². The number of carbonyl (C=O) groups excluding carboxylic acids is 1. The van der Waals surface area contributed by atoms with Gasteiger partial charge >= 0.3 is 5.63 Å². The van der Waals surface area contributed by atoms with Gasteiger partial charge in [0.2, 0.25) is 0 Å². The molecule has 4 fully saturated rings. The van der Waals surface area contributed by atoms with Crippen LogP contribution in [0.2, 0.25) is 0 Å². The van der Waals surface area contributed by atoms with E-state index in [-0.39, 0.29) is 35.6 Å². The molecule has 170 valence electrons. The number of rotatable bonds is 1. The normalized spacial score (nSPS) is 51.7. The van der Waals surface area contributed by atoms with E-state index >= 15 is 0 Å². The second-order valence-electron chi connectivity index (χ2n) is 10.9. The summed E-state index contributed by atoms with van der Waals surface area (Å²) in [5.74, 6) is -1.71. The molecule has 0 saturated heterocycles. The van der Waals surface area contributed by atoms with Gasteiger partial charge in [0, 0.05) is 29.7 Å². The molecule has 5 rings (SSSR count). The van der Waals surface area contributed by atoms with Crippen molar-refractivity contribution in [1.82, 2.24) is 0 Å². The molecule has 0 amide bonds. The fourth-order valence-electron chi connectivity index (χ4n) is 8.16. The fourth-order valence-corrected chi connectivity index (χ4v) is 8.16. The maximum atomic E-state index is 13.8. The van der Waals surface area contributed by atoms with Crippen LogP contribution in [0.5, 0.6) is 0 Å². The van der Waals surface area contributed by atoms with Gasteiger partial charge in [-0.2, -0.15) is 0 Å². The quantitative estimate of drug-likeness (QED) is 0.527. The molecule has 7 heteroatoms. The van der Waals surface area contributed by atoms with Gasteiger partial charge < -0.3 is 24.8 Å². The van der Waals surface area contributed by atoms with E-state index in [0.717, 1.165) is 6.42 Å². The summed E-state index contributed by atoms with van der Waals surface area (Å²) in [6.07, 6.45) is 1.88. The average molecular weight is 433 g/mol. The molecule has 1 aromatic heterocycles. The molecule has 4 aliphatic carbocycles. The fraction of sp³-hybridized carbons (Fsp3) is 0.750. The Bertz CT molecular complexity index is 937. The lowest BCUT2D eigenvalue weighted by atomic mass is 9.42. The van der Waals surface area contributed by atoms with Crippen LogP contribution in [0.1, 0.15) is 63.9 Å². The second-order valence-corrected chi connectivity index (χ2v) is 10.9. The first-order valence-electron chi connectivity index (χ1n) is 11.4. The molecule has 4 saturated carbocycles. The first kappa shape index (κ1) is 21.3. The maximum absolute atomic E-state index is 13.8. The van der Waals surface area contributed by atoms with Crippen LogP contribution < -0.4 is 5.63 Å². The van der Waals surface area contributed by atoms with Crippen molar-refractivity contribution >= 4 is 5.78 Å². The Morgan fingerprint density at radius 2 is 1.77 bits per heavy atom. The molecule has 0 aliphatic heterocycles.